The van der Waals surface area contributed by atoms with Crippen LogP contribution in [0.4, 0.5) is 0 Å². The number of allylic oxidation sites excluding steroid dienone is 4. The van der Waals surface area contributed by atoms with E-state index < -0.39 is 0 Å². The van der Waals surface area contributed by atoms with E-state index in [0.717, 1.165) is 37.7 Å². The molecule has 0 unspecified atom stereocenters. The molecule has 96 valence electrons. The highest BCUT2D eigenvalue weighted by atomic mass is 14.3. The van der Waals surface area contributed by atoms with Crippen molar-refractivity contribution in [1.29, 1.82) is 5.26 Å². The topological polar surface area (TPSA) is 23.8 Å². The molecule has 0 saturated carbocycles. The highest BCUT2D eigenvalue weighted by molar-refractivity contribution is 5.29. The van der Waals surface area contributed by atoms with Crippen LogP contribution in [-0.4, -0.2) is 0 Å². The van der Waals surface area contributed by atoms with E-state index in [1.54, 1.807) is 0 Å². The van der Waals surface area contributed by atoms with Crippen molar-refractivity contribution in [3.8, 4) is 6.07 Å². The van der Waals surface area contributed by atoms with Crippen LogP contribution in [0, 0.1) is 16.7 Å². The Morgan fingerprint density at radius 3 is 2.12 bits per heavy atom. The van der Waals surface area contributed by atoms with Gasteiger partial charge in [-0.3, -0.25) is 0 Å². The first-order valence-corrected chi connectivity index (χ1v) is 6.73. The van der Waals surface area contributed by atoms with Crippen molar-refractivity contribution < 1.29 is 0 Å². The molecular weight excluding hydrogens is 206 g/mol. The highest BCUT2D eigenvalue weighted by Gasteiger charge is 2.06. The van der Waals surface area contributed by atoms with Gasteiger partial charge in [0, 0.05) is 5.57 Å². The molecule has 0 N–H and O–H groups in total. The Balaban J connectivity index is 4.75. The molecule has 1 nitrogen and oxygen atoms in total. The summed E-state index contributed by atoms with van der Waals surface area (Å²) in [5.74, 6) is 0. The van der Waals surface area contributed by atoms with Gasteiger partial charge in [-0.2, -0.15) is 5.26 Å². The summed E-state index contributed by atoms with van der Waals surface area (Å²) in [5.41, 5.74) is 2.57. The molecule has 0 amide bonds. The predicted molar refractivity (Wildman–Crippen MR) is 75.7 cm³/mol. The molecule has 0 aromatic carbocycles. The van der Waals surface area contributed by atoms with Gasteiger partial charge in [0.15, 0.2) is 0 Å². The van der Waals surface area contributed by atoms with Gasteiger partial charge in [0.25, 0.3) is 0 Å². The Morgan fingerprint density at radius 1 is 1.12 bits per heavy atom. The second-order valence-electron chi connectivity index (χ2n) is 5.67. The lowest BCUT2D eigenvalue weighted by Gasteiger charge is -2.12. The van der Waals surface area contributed by atoms with Crippen LogP contribution >= 0.6 is 0 Å². The van der Waals surface area contributed by atoms with E-state index in [-0.39, 0.29) is 5.41 Å². The Labute approximate surface area is 107 Å². The van der Waals surface area contributed by atoms with Gasteiger partial charge >= 0.3 is 0 Å². The minimum absolute atomic E-state index is 0.231. The summed E-state index contributed by atoms with van der Waals surface area (Å²) in [6, 6.07) is 2.38. The molecule has 0 rings (SSSR count). The minimum atomic E-state index is 0.231. The quantitative estimate of drug-likeness (QED) is 0.445. The van der Waals surface area contributed by atoms with Crippen LogP contribution in [-0.2, 0) is 0 Å². The van der Waals surface area contributed by atoms with Crippen molar-refractivity contribution in [2.75, 3.05) is 0 Å². The first kappa shape index (κ1) is 16.0. The molecule has 0 aliphatic heterocycles. The van der Waals surface area contributed by atoms with Crippen LogP contribution in [0.1, 0.15) is 66.7 Å². The molecular formula is C16H27N. The van der Waals surface area contributed by atoms with E-state index in [9.17, 15) is 5.26 Å². The summed E-state index contributed by atoms with van der Waals surface area (Å²) >= 11 is 0. The second kappa shape index (κ2) is 8.12. The van der Waals surface area contributed by atoms with Gasteiger partial charge in [0.05, 0.1) is 6.07 Å². The number of hydrogen-bond acceptors (Lipinski definition) is 1. The van der Waals surface area contributed by atoms with Gasteiger partial charge in [-0.25, -0.2) is 0 Å². The first-order chi connectivity index (χ1) is 7.94. The summed E-state index contributed by atoms with van der Waals surface area (Å²) in [6.07, 6.45) is 9.55. The molecule has 0 aromatic rings. The SMILES string of the molecule is CCC/C(C#N)=C(/C/C=C/C(C)(C)C)CCC. The molecule has 0 aliphatic carbocycles. The Bertz CT molecular complexity index is 307. The fraction of sp³-hybridized carbons (Fsp3) is 0.688. The molecule has 0 aromatic heterocycles. The minimum Gasteiger partial charge on any atom is -0.193 e. The average molecular weight is 233 g/mol. The fourth-order valence-corrected chi connectivity index (χ4v) is 1.79. The number of rotatable bonds is 6. The maximum absolute atomic E-state index is 9.18. The first-order valence-electron chi connectivity index (χ1n) is 6.73. The van der Waals surface area contributed by atoms with E-state index >= 15 is 0 Å². The standard InChI is InChI=1S/C16H27N/c1-6-9-14(15(13-17)10-7-2)11-8-12-16(3,4)5/h8,12H,6-7,9-11H2,1-5H3/b12-8+,15-14-. The molecule has 1 heteroatoms. The van der Waals surface area contributed by atoms with Crippen molar-refractivity contribution in [2.45, 2.75) is 66.7 Å². The zero-order chi connectivity index (χ0) is 13.3. The summed E-state index contributed by atoms with van der Waals surface area (Å²) < 4.78 is 0. The summed E-state index contributed by atoms with van der Waals surface area (Å²) in [4.78, 5) is 0. The zero-order valence-electron chi connectivity index (χ0n) is 12.1. The number of nitriles is 1. The van der Waals surface area contributed by atoms with Crippen LogP contribution in [0.3, 0.4) is 0 Å². The maximum atomic E-state index is 9.18. The highest BCUT2D eigenvalue weighted by Crippen LogP contribution is 2.21. The molecule has 17 heavy (non-hydrogen) atoms. The summed E-state index contributed by atoms with van der Waals surface area (Å²) in [6.45, 7) is 10.9. The monoisotopic (exact) mass is 233 g/mol. The third-order valence-corrected chi connectivity index (χ3v) is 2.60. The zero-order valence-corrected chi connectivity index (χ0v) is 12.1. The van der Waals surface area contributed by atoms with Gasteiger partial charge in [0.1, 0.15) is 0 Å². The lowest BCUT2D eigenvalue weighted by molar-refractivity contribution is 0.542. The van der Waals surface area contributed by atoms with E-state index in [1.165, 1.54) is 5.57 Å². The van der Waals surface area contributed by atoms with Crippen LogP contribution < -0.4 is 0 Å². The summed E-state index contributed by atoms with van der Waals surface area (Å²) in [7, 11) is 0. The van der Waals surface area contributed by atoms with Gasteiger partial charge in [-0.15, -0.1) is 0 Å². The van der Waals surface area contributed by atoms with E-state index in [2.05, 4.69) is 52.8 Å². The molecule has 0 bridgehead atoms. The lowest BCUT2D eigenvalue weighted by Crippen LogP contribution is -1.98. The molecule has 0 spiro atoms. The van der Waals surface area contributed by atoms with Crippen molar-refractivity contribution in [2.24, 2.45) is 5.41 Å². The van der Waals surface area contributed by atoms with E-state index in [1.807, 2.05) is 0 Å². The predicted octanol–water partition coefficient (Wildman–Crippen LogP) is 5.40. The smallest absolute Gasteiger partial charge is 0.0946 e. The van der Waals surface area contributed by atoms with Crippen LogP contribution in [0.5, 0.6) is 0 Å². The molecule has 0 saturated heterocycles. The molecule has 0 radical (unpaired) electrons. The average Bonchev–Trinajstić information content (AvgIpc) is 2.23. The van der Waals surface area contributed by atoms with E-state index in [0.29, 0.717) is 0 Å². The number of hydrogen-bond donors (Lipinski definition) is 0. The van der Waals surface area contributed by atoms with Crippen LogP contribution in [0.15, 0.2) is 23.3 Å². The Hall–Kier alpha value is -1.03. The number of nitrogens with zero attached hydrogens (tertiary/aromatic N) is 1. The third kappa shape index (κ3) is 7.80. The second-order valence-corrected chi connectivity index (χ2v) is 5.67. The third-order valence-electron chi connectivity index (χ3n) is 2.60. The van der Waals surface area contributed by atoms with E-state index in [4.69, 9.17) is 0 Å². The Morgan fingerprint density at radius 2 is 1.71 bits per heavy atom. The normalized spacial score (nSPS) is 13.6. The van der Waals surface area contributed by atoms with Crippen molar-refractivity contribution >= 4 is 0 Å². The van der Waals surface area contributed by atoms with Crippen molar-refractivity contribution in [3.05, 3.63) is 23.3 Å². The van der Waals surface area contributed by atoms with Crippen molar-refractivity contribution in [1.82, 2.24) is 0 Å². The molecule has 0 heterocycles. The largest absolute Gasteiger partial charge is 0.193 e. The molecule has 0 atom stereocenters. The van der Waals surface area contributed by atoms with Gasteiger partial charge in [0.2, 0.25) is 0 Å². The van der Waals surface area contributed by atoms with Gasteiger partial charge in [-0.05, 0) is 24.7 Å². The maximum Gasteiger partial charge on any atom is 0.0946 e. The van der Waals surface area contributed by atoms with Crippen molar-refractivity contribution in [3.63, 3.8) is 0 Å². The Kier molecular flexibility index (Phi) is 7.63. The molecule has 0 fully saturated rings. The fourth-order valence-electron chi connectivity index (χ4n) is 1.79. The van der Waals surface area contributed by atoms with Crippen LogP contribution in [0.25, 0.3) is 0 Å². The molecule has 0 aliphatic rings. The van der Waals surface area contributed by atoms with Crippen LogP contribution in [0.2, 0.25) is 0 Å². The lowest BCUT2D eigenvalue weighted by atomic mass is 9.93. The van der Waals surface area contributed by atoms with Gasteiger partial charge in [-0.1, -0.05) is 65.2 Å². The van der Waals surface area contributed by atoms with Gasteiger partial charge < -0.3 is 0 Å². The summed E-state index contributed by atoms with van der Waals surface area (Å²) in [5, 5.41) is 9.18.